The standard InChI is InChI=1S/C25H28N2O6/c1-31-21-10-8-18(22(13-21)32-2)14-26-15-19(9-11-23(26)28)24(29)27-20(16-33-25(27)30)12-17-6-4-3-5-7-17/h3-8,10,13,19-20H,9,11-12,14-16H2,1-2H3. The third kappa shape index (κ3) is 4.94. The highest BCUT2D eigenvalue weighted by molar-refractivity contribution is 5.95. The van der Waals surface area contributed by atoms with E-state index in [0.29, 0.717) is 30.9 Å². The monoisotopic (exact) mass is 452 g/mol. The Kier molecular flexibility index (Phi) is 6.82. The quantitative estimate of drug-likeness (QED) is 0.642. The van der Waals surface area contributed by atoms with E-state index in [1.807, 2.05) is 42.5 Å². The maximum atomic E-state index is 13.4. The average Bonchev–Trinajstić information content (AvgIpc) is 3.20. The summed E-state index contributed by atoms with van der Waals surface area (Å²) in [5, 5.41) is 0. The van der Waals surface area contributed by atoms with E-state index in [0.717, 1.165) is 11.1 Å². The van der Waals surface area contributed by atoms with Crippen LogP contribution in [0, 0.1) is 5.92 Å². The average molecular weight is 453 g/mol. The van der Waals surface area contributed by atoms with E-state index in [-0.39, 0.29) is 37.4 Å². The summed E-state index contributed by atoms with van der Waals surface area (Å²) in [7, 11) is 3.14. The van der Waals surface area contributed by atoms with Gasteiger partial charge in [0.05, 0.1) is 26.2 Å². The molecule has 0 spiro atoms. The number of imide groups is 1. The molecule has 8 nitrogen and oxygen atoms in total. The highest BCUT2D eigenvalue weighted by Crippen LogP contribution is 2.29. The van der Waals surface area contributed by atoms with Crippen molar-refractivity contribution in [2.75, 3.05) is 27.4 Å². The van der Waals surface area contributed by atoms with Crippen molar-refractivity contribution in [2.24, 2.45) is 5.92 Å². The highest BCUT2D eigenvalue weighted by atomic mass is 16.6. The number of nitrogens with zero attached hydrogens (tertiary/aromatic N) is 2. The topological polar surface area (TPSA) is 85.4 Å². The third-order valence-electron chi connectivity index (χ3n) is 6.22. The van der Waals surface area contributed by atoms with Gasteiger partial charge in [-0.2, -0.15) is 0 Å². The first-order chi connectivity index (χ1) is 16.0. The fourth-order valence-corrected chi connectivity index (χ4v) is 4.42. The molecule has 2 saturated heterocycles. The van der Waals surface area contributed by atoms with E-state index in [1.54, 1.807) is 25.2 Å². The van der Waals surface area contributed by atoms with Gasteiger partial charge in [0.15, 0.2) is 0 Å². The molecular formula is C25H28N2O6. The Morgan fingerprint density at radius 3 is 2.61 bits per heavy atom. The molecule has 2 fully saturated rings. The van der Waals surface area contributed by atoms with Crippen molar-refractivity contribution < 1.29 is 28.6 Å². The predicted molar refractivity (Wildman–Crippen MR) is 120 cm³/mol. The molecule has 2 aliphatic heterocycles. The predicted octanol–water partition coefficient (Wildman–Crippen LogP) is 3.03. The minimum atomic E-state index is -0.610. The van der Waals surface area contributed by atoms with Crippen LogP contribution in [0.25, 0.3) is 0 Å². The van der Waals surface area contributed by atoms with Crippen LogP contribution in [0.3, 0.4) is 0 Å². The Morgan fingerprint density at radius 2 is 1.88 bits per heavy atom. The number of carbonyl (C=O) groups is 3. The van der Waals surface area contributed by atoms with Gasteiger partial charge in [-0.1, -0.05) is 30.3 Å². The zero-order valence-corrected chi connectivity index (χ0v) is 18.9. The van der Waals surface area contributed by atoms with Gasteiger partial charge >= 0.3 is 6.09 Å². The molecule has 174 valence electrons. The summed E-state index contributed by atoms with van der Waals surface area (Å²) in [6, 6.07) is 14.8. The number of benzene rings is 2. The van der Waals surface area contributed by atoms with E-state index < -0.39 is 12.0 Å². The van der Waals surface area contributed by atoms with Crippen LogP contribution in [0.1, 0.15) is 24.0 Å². The van der Waals surface area contributed by atoms with E-state index in [4.69, 9.17) is 14.2 Å². The number of ether oxygens (including phenoxy) is 3. The van der Waals surface area contributed by atoms with Crippen molar-refractivity contribution >= 4 is 17.9 Å². The van der Waals surface area contributed by atoms with Gasteiger partial charge in [0.2, 0.25) is 11.8 Å². The van der Waals surface area contributed by atoms with Crippen LogP contribution in [0.2, 0.25) is 0 Å². The van der Waals surface area contributed by atoms with Gasteiger partial charge in [0, 0.05) is 31.1 Å². The summed E-state index contributed by atoms with van der Waals surface area (Å²) in [6.45, 7) is 0.736. The highest BCUT2D eigenvalue weighted by Gasteiger charge is 2.42. The Labute approximate surface area is 193 Å². The van der Waals surface area contributed by atoms with Crippen LogP contribution in [0.4, 0.5) is 4.79 Å². The second-order valence-corrected chi connectivity index (χ2v) is 8.32. The molecule has 33 heavy (non-hydrogen) atoms. The van der Waals surface area contributed by atoms with Crippen molar-refractivity contribution in [1.29, 1.82) is 0 Å². The summed E-state index contributed by atoms with van der Waals surface area (Å²) < 4.78 is 15.9. The molecule has 8 heteroatoms. The number of likely N-dealkylation sites (tertiary alicyclic amines) is 1. The van der Waals surface area contributed by atoms with Gasteiger partial charge in [-0.25, -0.2) is 9.69 Å². The first kappa shape index (κ1) is 22.6. The zero-order valence-electron chi connectivity index (χ0n) is 18.9. The van der Waals surface area contributed by atoms with Crippen molar-refractivity contribution in [3.05, 3.63) is 59.7 Å². The second kappa shape index (κ2) is 9.94. The fourth-order valence-electron chi connectivity index (χ4n) is 4.42. The Hall–Kier alpha value is -3.55. The minimum Gasteiger partial charge on any atom is -0.497 e. The van der Waals surface area contributed by atoms with E-state index in [9.17, 15) is 14.4 Å². The van der Waals surface area contributed by atoms with E-state index in [2.05, 4.69) is 0 Å². The lowest BCUT2D eigenvalue weighted by atomic mass is 9.94. The molecule has 0 bridgehead atoms. The summed E-state index contributed by atoms with van der Waals surface area (Å²) >= 11 is 0. The largest absolute Gasteiger partial charge is 0.497 e. The lowest BCUT2D eigenvalue weighted by Gasteiger charge is -2.34. The number of rotatable bonds is 7. The van der Waals surface area contributed by atoms with Crippen LogP contribution in [-0.2, 0) is 27.3 Å². The first-order valence-electron chi connectivity index (χ1n) is 11.0. The molecule has 0 aromatic heterocycles. The Bertz CT molecular complexity index is 1020. The summed E-state index contributed by atoms with van der Waals surface area (Å²) in [5.74, 6) is 0.502. The number of amides is 3. The van der Waals surface area contributed by atoms with Gasteiger partial charge in [0.1, 0.15) is 18.1 Å². The molecule has 2 aromatic rings. The smallest absolute Gasteiger partial charge is 0.416 e. The van der Waals surface area contributed by atoms with Crippen molar-refractivity contribution in [3.63, 3.8) is 0 Å². The summed E-state index contributed by atoms with van der Waals surface area (Å²) in [4.78, 5) is 41.3. The van der Waals surface area contributed by atoms with E-state index >= 15 is 0 Å². The van der Waals surface area contributed by atoms with Gasteiger partial charge in [-0.05, 0) is 30.5 Å². The van der Waals surface area contributed by atoms with Crippen LogP contribution < -0.4 is 9.47 Å². The lowest BCUT2D eigenvalue weighted by molar-refractivity contribution is -0.142. The van der Waals surface area contributed by atoms with Crippen LogP contribution in [0.5, 0.6) is 11.5 Å². The van der Waals surface area contributed by atoms with Gasteiger partial charge in [-0.3, -0.25) is 9.59 Å². The van der Waals surface area contributed by atoms with Gasteiger partial charge in [0.25, 0.3) is 0 Å². The number of methoxy groups -OCH3 is 2. The third-order valence-corrected chi connectivity index (χ3v) is 6.22. The molecule has 2 heterocycles. The lowest BCUT2D eigenvalue weighted by Crippen LogP contribution is -2.49. The van der Waals surface area contributed by atoms with Crippen molar-refractivity contribution in [3.8, 4) is 11.5 Å². The maximum Gasteiger partial charge on any atom is 0.416 e. The van der Waals surface area contributed by atoms with Crippen molar-refractivity contribution in [1.82, 2.24) is 9.80 Å². The van der Waals surface area contributed by atoms with Gasteiger partial charge in [-0.15, -0.1) is 0 Å². The molecular weight excluding hydrogens is 424 g/mol. The molecule has 4 rings (SSSR count). The minimum absolute atomic E-state index is 0.0262. The van der Waals surface area contributed by atoms with Crippen LogP contribution in [0.15, 0.2) is 48.5 Å². The molecule has 3 amide bonds. The normalized spacial score (nSPS) is 20.5. The molecule has 0 radical (unpaired) electrons. The van der Waals surface area contributed by atoms with Crippen LogP contribution >= 0.6 is 0 Å². The van der Waals surface area contributed by atoms with Crippen LogP contribution in [-0.4, -0.2) is 61.1 Å². The first-order valence-corrected chi connectivity index (χ1v) is 11.0. The molecule has 2 aromatic carbocycles. The Morgan fingerprint density at radius 1 is 1.09 bits per heavy atom. The molecule has 2 aliphatic rings. The molecule has 0 aliphatic carbocycles. The van der Waals surface area contributed by atoms with E-state index in [1.165, 1.54) is 4.90 Å². The molecule has 0 saturated carbocycles. The Balaban J connectivity index is 1.47. The number of hydrogen-bond acceptors (Lipinski definition) is 6. The number of cyclic esters (lactones) is 1. The summed E-state index contributed by atoms with van der Waals surface area (Å²) in [5.41, 5.74) is 1.85. The maximum absolute atomic E-state index is 13.4. The molecule has 2 unspecified atom stereocenters. The fraction of sp³-hybridized carbons (Fsp3) is 0.400. The summed E-state index contributed by atoms with van der Waals surface area (Å²) in [6.07, 6.45) is 0.592. The van der Waals surface area contributed by atoms with Crippen molar-refractivity contribution in [2.45, 2.75) is 31.8 Å². The second-order valence-electron chi connectivity index (χ2n) is 8.32. The molecule has 2 atom stereocenters. The number of hydrogen-bond donors (Lipinski definition) is 0. The molecule has 0 N–H and O–H groups in total. The zero-order chi connectivity index (χ0) is 23.4. The number of piperidine rings is 1. The van der Waals surface area contributed by atoms with Gasteiger partial charge < -0.3 is 19.1 Å². The number of carbonyl (C=O) groups excluding carboxylic acids is 3. The SMILES string of the molecule is COc1ccc(CN2CC(C(=O)N3C(=O)OCC3Cc3ccccc3)CCC2=O)c(OC)c1.